The Hall–Kier alpha value is -1.59. The number of rotatable bonds is 5. The van der Waals surface area contributed by atoms with Crippen LogP contribution in [0.5, 0.6) is 0 Å². The van der Waals surface area contributed by atoms with Gasteiger partial charge in [0.1, 0.15) is 17.2 Å². The van der Waals surface area contributed by atoms with E-state index in [1.165, 1.54) is 6.20 Å². The number of nitrogens with zero attached hydrogens (tertiary/aromatic N) is 3. The largest absolute Gasteiger partial charge is 0.466 e. The molecule has 5 nitrogen and oxygen atoms in total. The molecular formula is C15H20ClN3O2. The van der Waals surface area contributed by atoms with Crippen LogP contribution in [0.25, 0.3) is 0 Å². The van der Waals surface area contributed by atoms with Gasteiger partial charge < -0.3 is 9.32 Å². The maximum atomic E-state index is 12.8. The van der Waals surface area contributed by atoms with Gasteiger partial charge in [-0.25, -0.2) is 0 Å². The zero-order valence-corrected chi connectivity index (χ0v) is 13.8. The molecule has 0 unspecified atom stereocenters. The van der Waals surface area contributed by atoms with Gasteiger partial charge in [0.05, 0.1) is 23.3 Å². The smallest absolute Gasteiger partial charge is 0.216 e. The van der Waals surface area contributed by atoms with E-state index >= 15 is 0 Å². The molecule has 21 heavy (non-hydrogen) atoms. The van der Waals surface area contributed by atoms with Crippen LogP contribution >= 0.6 is 11.6 Å². The third-order valence-corrected chi connectivity index (χ3v) is 3.83. The van der Waals surface area contributed by atoms with Gasteiger partial charge in [-0.1, -0.05) is 11.6 Å². The first kappa shape index (κ1) is 15.8. The first-order valence-electron chi connectivity index (χ1n) is 6.80. The number of aryl methyl sites for hydroxylation is 2. The van der Waals surface area contributed by atoms with Crippen molar-refractivity contribution in [3.63, 3.8) is 0 Å². The van der Waals surface area contributed by atoms with Crippen LogP contribution in [0.2, 0.25) is 5.02 Å². The number of carbonyl (C=O) groups is 1. The highest BCUT2D eigenvalue weighted by Gasteiger charge is 2.25. The zero-order chi connectivity index (χ0) is 15.7. The Balaban J connectivity index is 2.41. The topological polar surface area (TPSA) is 51.3 Å². The summed E-state index contributed by atoms with van der Waals surface area (Å²) in [5, 5.41) is 4.58. The van der Waals surface area contributed by atoms with Gasteiger partial charge in [0.25, 0.3) is 0 Å². The van der Waals surface area contributed by atoms with Crippen LogP contribution in [0.15, 0.2) is 10.6 Å². The highest BCUT2D eigenvalue weighted by molar-refractivity contribution is 6.34. The molecule has 6 heteroatoms. The first-order chi connectivity index (χ1) is 9.82. The second kappa shape index (κ2) is 6.03. The number of aromatic nitrogens is 2. The number of furan rings is 1. The zero-order valence-electron chi connectivity index (χ0n) is 13.0. The molecule has 0 aliphatic rings. The number of likely N-dealkylation sites (N-methyl/N-ethyl adjacent to an activating group) is 1. The SMILES string of the molecule is Cc1oc(C)c(C(=O)c2c(Cl)cnn2CCN(C)C)c1C. The summed E-state index contributed by atoms with van der Waals surface area (Å²) in [7, 11) is 3.95. The van der Waals surface area contributed by atoms with Crippen molar-refractivity contribution in [2.24, 2.45) is 0 Å². The molecule has 0 aliphatic heterocycles. The number of carbonyl (C=O) groups excluding carboxylic acids is 1. The molecule has 2 aromatic heterocycles. The number of hydrogen-bond acceptors (Lipinski definition) is 4. The molecule has 0 aliphatic carbocycles. The van der Waals surface area contributed by atoms with E-state index in [2.05, 4.69) is 5.10 Å². The van der Waals surface area contributed by atoms with E-state index in [1.807, 2.05) is 32.8 Å². The Morgan fingerprint density at radius 3 is 2.52 bits per heavy atom. The van der Waals surface area contributed by atoms with Gasteiger partial charge in [-0.2, -0.15) is 5.10 Å². The lowest BCUT2D eigenvalue weighted by atomic mass is 10.0. The Morgan fingerprint density at radius 1 is 1.33 bits per heavy atom. The minimum absolute atomic E-state index is 0.136. The monoisotopic (exact) mass is 309 g/mol. The summed E-state index contributed by atoms with van der Waals surface area (Å²) in [6, 6.07) is 0. The van der Waals surface area contributed by atoms with Crippen LogP contribution in [0.1, 0.15) is 33.1 Å². The Bertz CT molecular complexity index is 671. The molecule has 0 fully saturated rings. The van der Waals surface area contributed by atoms with Gasteiger partial charge in [-0.05, 0) is 34.9 Å². The van der Waals surface area contributed by atoms with Gasteiger partial charge >= 0.3 is 0 Å². The van der Waals surface area contributed by atoms with Crippen molar-refractivity contribution >= 4 is 17.4 Å². The Kier molecular flexibility index (Phi) is 4.54. The van der Waals surface area contributed by atoms with Crippen LogP contribution in [-0.4, -0.2) is 41.1 Å². The van der Waals surface area contributed by atoms with Crippen LogP contribution in [0.4, 0.5) is 0 Å². The molecule has 0 amide bonds. The highest BCUT2D eigenvalue weighted by Crippen LogP contribution is 2.26. The molecule has 2 heterocycles. The molecule has 0 spiro atoms. The van der Waals surface area contributed by atoms with Crippen molar-refractivity contribution in [1.82, 2.24) is 14.7 Å². The predicted octanol–water partition coefficient (Wildman–Crippen LogP) is 2.85. The maximum absolute atomic E-state index is 12.8. The van der Waals surface area contributed by atoms with Crippen LogP contribution in [-0.2, 0) is 6.54 Å². The first-order valence-corrected chi connectivity index (χ1v) is 7.18. The Morgan fingerprint density at radius 2 is 2.00 bits per heavy atom. The van der Waals surface area contributed by atoms with Crippen molar-refractivity contribution in [3.05, 3.63) is 39.6 Å². The van der Waals surface area contributed by atoms with Crippen LogP contribution < -0.4 is 0 Å². The van der Waals surface area contributed by atoms with Crippen molar-refractivity contribution < 1.29 is 9.21 Å². The molecular weight excluding hydrogens is 290 g/mol. The van der Waals surface area contributed by atoms with Crippen molar-refractivity contribution in [2.45, 2.75) is 27.3 Å². The predicted molar refractivity (Wildman–Crippen MR) is 82.1 cm³/mol. The quantitative estimate of drug-likeness (QED) is 0.797. The molecule has 0 N–H and O–H groups in total. The van der Waals surface area contributed by atoms with Gasteiger partial charge in [0.15, 0.2) is 0 Å². The average molecular weight is 310 g/mol. The van der Waals surface area contributed by atoms with Gasteiger partial charge in [0.2, 0.25) is 5.78 Å². The fourth-order valence-corrected chi connectivity index (χ4v) is 2.53. The molecule has 0 radical (unpaired) electrons. The summed E-state index contributed by atoms with van der Waals surface area (Å²) in [6.07, 6.45) is 1.52. The van der Waals surface area contributed by atoms with Gasteiger partial charge in [-0.15, -0.1) is 0 Å². The lowest BCUT2D eigenvalue weighted by molar-refractivity contribution is 0.102. The standard InChI is InChI=1S/C15H20ClN3O2/c1-9-10(2)21-11(3)13(9)15(20)14-12(16)8-17-19(14)7-6-18(4)5/h8H,6-7H2,1-5H3. The van der Waals surface area contributed by atoms with E-state index in [0.29, 0.717) is 28.6 Å². The summed E-state index contributed by atoms with van der Waals surface area (Å²) < 4.78 is 7.20. The minimum atomic E-state index is -0.136. The Labute approximate surface area is 129 Å². The average Bonchev–Trinajstić information content (AvgIpc) is 2.88. The van der Waals surface area contributed by atoms with E-state index in [4.69, 9.17) is 16.0 Å². The van der Waals surface area contributed by atoms with E-state index in [0.717, 1.165) is 17.9 Å². The molecule has 0 bridgehead atoms. The summed E-state index contributed by atoms with van der Waals surface area (Å²) >= 11 is 6.17. The fourth-order valence-electron chi connectivity index (χ4n) is 2.30. The van der Waals surface area contributed by atoms with Crippen LogP contribution in [0, 0.1) is 20.8 Å². The number of halogens is 1. The van der Waals surface area contributed by atoms with E-state index in [-0.39, 0.29) is 5.78 Å². The normalized spacial score (nSPS) is 11.4. The molecule has 0 saturated carbocycles. The molecule has 2 rings (SSSR count). The third-order valence-electron chi connectivity index (χ3n) is 3.56. The van der Waals surface area contributed by atoms with Gasteiger partial charge in [0, 0.05) is 12.1 Å². The third kappa shape index (κ3) is 3.04. The lowest BCUT2D eigenvalue weighted by Crippen LogP contribution is -2.22. The molecule has 0 atom stereocenters. The molecule has 2 aromatic rings. The maximum Gasteiger partial charge on any atom is 0.216 e. The second-order valence-corrected chi connectivity index (χ2v) is 5.82. The second-order valence-electron chi connectivity index (χ2n) is 5.41. The van der Waals surface area contributed by atoms with Crippen molar-refractivity contribution in [1.29, 1.82) is 0 Å². The van der Waals surface area contributed by atoms with Gasteiger partial charge in [-0.3, -0.25) is 9.48 Å². The number of ketones is 1. The van der Waals surface area contributed by atoms with E-state index in [9.17, 15) is 4.79 Å². The minimum Gasteiger partial charge on any atom is -0.466 e. The van der Waals surface area contributed by atoms with E-state index < -0.39 is 0 Å². The fraction of sp³-hybridized carbons (Fsp3) is 0.467. The summed E-state index contributed by atoms with van der Waals surface area (Å²) in [5.74, 6) is 1.24. The molecule has 114 valence electrons. The number of hydrogen-bond donors (Lipinski definition) is 0. The summed E-state index contributed by atoms with van der Waals surface area (Å²) in [4.78, 5) is 14.9. The molecule has 0 saturated heterocycles. The lowest BCUT2D eigenvalue weighted by Gasteiger charge is -2.11. The summed E-state index contributed by atoms with van der Waals surface area (Å²) in [6.45, 7) is 6.91. The molecule has 0 aromatic carbocycles. The summed E-state index contributed by atoms with van der Waals surface area (Å²) in [5.41, 5.74) is 1.86. The van der Waals surface area contributed by atoms with E-state index in [1.54, 1.807) is 11.6 Å². The van der Waals surface area contributed by atoms with Crippen LogP contribution in [0.3, 0.4) is 0 Å². The highest BCUT2D eigenvalue weighted by atomic mass is 35.5. The van der Waals surface area contributed by atoms with Crippen molar-refractivity contribution in [2.75, 3.05) is 20.6 Å². The van der Waals surface area contributed by atoms with Crippen molar-refractivity contribution in [3.8, 4) is 0 Å².